The van der Waals surface area contributed by atoms with E-state index in [1.54, 1.807) is 16.0 Å². The van der Waals surface area contributed by atoms with Gasteiger partial charge in [0, 0.05) is 20.1 Å². The molecular formula is C12H17N5OS. The highest BCUT2D eigenvalue weighted by Gasteiger charge is 2.18. The fourth-order valence-corrected chi connectivity index (χ4v) is 3.32. The number of nitrogens with one attached hydrogen (secondary N) is 1. The Labute approximate surface area is 115 Å². The first-order chi connectivity index (χ1) is 9.15. The molecule has 0 spiro atoms. The monoisotopic (exact) mass is 279 g/mol. The number of fused-ring (bicyclic) bond motifs is 1. The molecule has 2 aromatic heterocycles. The summed E-state index contributed by atoms with van der Waals surface area (Å²) in [7, 11) is 1.88. The summed E-state index contributed by atoms with van der Waals surface area (Å²) in [6, 6.07) is 0. The fourth-order valence-electron chi connectivity index (χ4n) is 2.39. The number of hydrogen-bond acceptors (Lipinski definition) is 5. The second kappa shape index (κ2) is 4.80. The molecular weight excluding hydrogens is 262 g/mol. The molecule has 0 radical (unpaired) electrons. The van der Waals surface area contributed by atoms with Crippen LogP contribution >= 0.6 is 11.3 Å². The van der Waals surface area contributed by atoms with Crippen molar-refractivity contribution in [2.75, 3.05) is 25.0 Å². The zero-order valence-electron chi connectivity index (χ0n) is 11.1. The van der Waals surface area contributed by atoms with E-state index in [0.29, 0.717) is 6.54 Å². The zero-order chi connectivity index (χ0) is 13.4. The van der Waals surface area contributed by atoms with Crippen LogP contribution in [0.25, 0.3) is 10.3 Å². The first kappa shape index (κ1) is 12.4. The van der Waals surface area contributed by atoms with Gasteiger partial charge in [-0.3, -0.25) is 4.79 Å². The summed E-state index contributed by atoms with van der Waals surface area (Å²) in [4.78, 5) is 18.3. The minimum absolute atomic E-state index is 0.159. The number of hydrogen-bond donors (Lipinski definition) is 1. The number of carbonyl (C=O) groups excluding carboxylic acids is 1. The number of thiazole rings is 1. The molecule has 7 heteroatoms. The lowest BCUT2D eigenvalue weighted by molar-refractivity contribution is -0.128. The van der Waals surface area contributed by atoms with Gasteiger partial charge < -0.3 is 10.2 Å². The highest BCUT2D eigenvalue weighted by Crippen LogP contribution is 2.27. The Hall–Kier alpha value is -1.63. The summed E-state index contributed by atoms with van der Waals surface area (Å²) in [5.41, 5.74) is 1.85. The van der Waals surface area contributed by atoms with Crippen LogP contribution in [0.1, 0.15) is 18.5 Å². The fraction of sp³-hybridized carbons (Fsp3) is 0.583. The van der Waals surface area contributed by atoms with Crippen molar-refractivity contribution in [3.8, 4) is 0 Å². The van der Waals surface area contributed by atoms with Crippen molar-refractivity contribution < 1.29 is 4.79 Å². The van der Waals surface area contributed by atoms with Gasteiger partial charge in [-0.2, -0.15) is 5.10 Å². The predicted molar refractivity (Wildman–Crippen MR) is 75.4 cm³/mol. The van der Waals surface area contributed by atoms with E-state index in [9.17, 15) is 4.79 Å². The molecule has 0 bridgehead atoms. The Bertz CT molecular complexity index is 576. The number of rotatable bonds is 3. The van der Waals surface area contributed by atoms with Gasteiger partial charge in [0.25, 0.3) is 0 Å². The molecule has 1 aliphatic heterocycles. The summed E-state index contributed by atoms with van der Waals surface area (Å²) in [6.07, 6.45) is 2.25. The molecule has 0 aromatic carbocycles. The molecule has 3 heterocycles. The number of carbonyl (C=O) groups is 1. The molecule has 1 fully saturated rings. The van der Waals surface area contributed by atoms with Crippen molar-refractivity contribution in [2.45, 2.75) is 19.8 Å². The van der Waals surface area contributed by atoms with Crippen LogP contribution in [0.15, 0.2) is 0 Å². The zero-order valence-corrected chi connectivity index (χ0v) is 12.0. The number of amides is 1. The molecule has 1 amide bonds. The van der Waals surface area contributed by atoms with Crippen molar-refractivity contribution in [2.24, 2.45) is 7.05 Å². The van der Waals surface area contributed by atoms with E-state index < -0.39 is 0 Å². The predicted octanol–water partition coefficient (Wildman–Crippen LogP) is 1.37. The maximum Gasteiger partial charge on any atom is 0.241 e. The minimum atomic E-state index is 0.159. The Morgan fingerprint density at radius 3 is 2.84 bits per heavy atom. The topological polar surface area (TPSA) is 63.1 Å². The Morgan fingerprint density at radius 2 is 2.16 bits per heavy atom. The third kappa shape index (κ3) is 2.30. The third-order valence-electron chi connectivity index (χ3n) is 3.39. The van der Waals surface area contributed by atoms with Crippen LogP contribution in [-0.2, 0) is 11.8 Å². The largest absolute Gasteiger partial charge is 0.352 e. The molecule has 2 aromatic rings. The van der Waals surface area contributed by atoms with Crippen molar-refractivity contribution in [1.82, 2.24) is 19.7 Å². The first-order valence-corrected chi connectivity index (χ1v) is 7.28. The number of nitrogens with zero attached hydrogens (tertiary/aromatic N) is 4. The van der Waals surface area contributed by atoms with Crippen molar-refractivity contribution in [3.63, 3.8) is 0 Å². The van der Waals surface area contributed by atoms with Gasteiger partial charge >= 0.3 is 0 Å². The highest BCUT2D eigenvalue weighted by atomic mass is 32.1. The molecule has 102 valence electrons. The summed E-state index contributed by atoms with van der Waals surface area (Å²) in [6.45, 7) is 4.08. The van der Waals surface area contributed by atoms with Gasteiger partial charge in [0.15, 0.2) is 10.8 Å². The van der Waals surface area contributed by atoms with E-state index in [4.69, 9.17) is 0 Å². The van der Waals surface area contributed by atoms with Crippen LogP contribution in [0.2, 0.25) is 0 Å². The summed E-state index contributed by atoms with van der Waals surface area (Å²) < 4.78 is 2.85. The van der Waals surface area contributed by atoms with Crippen molar-refractivity contribution >= 4 is 32.7 Å². The second-order valence-corrected chi connectivity index (χ2v) is 5.82. The van der Waals surface area contributed by atoms with Gasteiger partial charge in [0.1, 0.15) is 0 Å². The normalized spacial score (nSPS) is 15.4. The van der Waals surface area contributed by atoms with E-state index in [0.717, 1.165) is 47.1 Å². The van der Waals surface area contributed by atoms with Crippen LogP contribution in [0.3, 0.4) is 0 Å². The lowest BCUT2D eigenvalue weighted by Gasteiger charge is -2.14. The van der Waals surface area contributed by atoms with Crippen molar-refractivity contribution in [3.05, 3.63) is 5.69 Å². The van der Waals surface area contributed by atoms with Gasteiger partial charge in [-0.05, 0) is 19.8 Å². The van der Waals surface area contributed by atoms with Gasteiger partial charge in [0.05, 0.1) is 16.9 Å². The minimum Gasteiger partial charge on any atom is -0.352 e. The van der Waals surface area contributed by atoms with Crippen LogP contribution in [0.4, 0.5) is 5.13 Å². The van der Waals surface area contributed by atoms with Crippen LogP contribution in [0.5, 0.6) is 0 Å². The average molecular weight is 279 g/mol. The summed E-state index contributed by atoms with van der Waals surface area (Å²) in [5, 5.41) is 8.23. The van der Waals surface area contributed by atoms with Crippen LogP contribution in [-0.4, -0.2) is 45.2 Å². The second-order valence-electron chi connectivity index (χ2n) is 4.82. The maximum absolute atomic E-state index is 11.9. The molecule has 1 saturated heterocycles. The SMILES string of the molecule is Cc1nn(C)c2nc(NCC(=O)N3CCCC3)sc12. The molecule has 0 aliphatic carbocycles. The lowest BCUT2D eigenvalue weighted by Crippen LogP contribution is -2.32. The van der Waals surface area contributed by atoms with Gasteiger partial charge in [0.2, 0.25) is 5.91 Å². The van der Waals surface area contributed by atoms with Gasteiger partial charge in [-0.25, -0.2) is 9.67 Å². The molecule has 6 nitrogen and oxygen atoms in total. The lowest BCUT2D eigenvalue weighted by atomic mass is 10.4. The summed E-state index contributed by atoms with van der Waals surface area (Å²) in [5.74, 6) is 0.159. The first-order valence-electron chi connectivity index (χ1n) is 6.47. The van der Waals surface area contributed by atoms with E-state index in [1.807, 2.05) is 18.9 Å². The third-order valence-corrected chi connectivity index (χ3v) is 4.51. The van der Waals surface area contributed by atoms with E-state index in [-0.39, 0.29) is 5.91 Å². The Kier molecular flexibility index (Phi) is 3.14. The van der Waals surface area contributed by atoms with E-state index in [1.165, 1.54) is 0 Å². The van der Waals surface area contributed by atoms with E-state index >= 15 is 0 Å². The molecule has 0 atom stereocenters. The Morgan fingerprint density at radius 1 is 1.42 bits per heavy atom. The van der Waals surface area contributed by atoms with Gasteiger partial charge in [-0.1, -0.05) is 11.3 Å². The average Bonchev–Trinajstić information content (AvgIpc) is 3.08. The number of likely N-dealkylation sites (tertiary alicyclic amines) is 1. The number of aryl methyl sites for hydroxylation is 2. The molecule has 1 N–H and O–H groups in total. The van der Waals surface area contributed by atoms with E-state index in [2.05, 4.69) is 15.4 Å². The highest BCUT2D eigenvalue weighted by molar-refractivity contribution is 7.22. The van der Waals surface area contributed by atoms with Crippen LogP contribution in [0, 0.1) is 6.92 Å². The molecule has 0 unspecified atom stereocenters. The quantitative estimate of drug-likeness (QED) is 0.922. The standard InChI is InChI=1S/C12H17N5OS/c1-8-10-11(16(2)15-8)14-12(19-10)13-7-9(18)17-5-3-4-6-17/h3-7H2,1-2H3,(H,13,14). The molecule has 0 saturated carbocycles. The smallest absolute Gasteiger partial charge is 0.241 e. The maximum atomic E-state index is 11.9. The summed E-state index contributed by atoms with van der Waals surface area (Å²) >= 11 is 1.55. The van der Waals surface area contributed by atoms with Crippen molar-refractivity contribution in [1.29, 1.82) is 0 Å². The van der Waals surface area contributed by atoms with Crippen LogP contribution < -0.4 is 5.32 Å². The van der Waals surface area contributed by atoms with Gasteiger partial charge in [-0.15, -0.1) is 0 Å². The number of anilines is 1. The number of aromatic nitrogens is 3. The Balaban J connectivity index is 1.68. The molecule has 3 rings (SSSR count). The molecule has 1 aliphatic rings. The molecule has 19 heavy (non-hydrogen) atoms.